The predicted octanol–water partition coefficient (Wildman–Crippen LogP) is 6.60. The minimum absolute atomic E-state index is 0.0324. The number of aromatic nitrogens is 3. The van der Waals surface area contributed by atoms with Crippen LogP contribution in [0.3, 0.4) is 0 Å². The number of alkyl halides is 7. The topological polar surface area (TPSA) is 78.6 Å². The summed E-state index contributed by atoms with van der Waals surface area (Å²) in [6, 6.07) is 10.3. The second-order valence-electron chi connectivity index (χ2n) is 10.2. The van der Waals surface area contributed by atoms with Gasteiger partial charge in [0.15, 0.2) is 12.9 Å². The number of allylic oxidation sites excluding steroid dienone is 2. The second-order valence-corrected chi connectivity index (χ2v) is 11.8. The maximum atomic E-state index is 13.1. The fourth-order valence-electron chi connectivity index (χ4n) is 4.29. The second kappa shape index (κ2) is 14.8. The van der Waals surface area contributed by atoms with E-state index < -0.39 is 47.8 Å². The molecule has 2 atom stereocenters. The quantitative estimate of drug-likeness (QED) is 0.164. The van der Waals surface area contributed by atoms with E-state index in [2.05, 4.69) is 10.1 Å². The van der Waals surface area contributed by atoms with Crippen molar-refractivity contribution in [1.29, 1.82) is 0 Å². The van der Waals surface area contributed by atoms with Gasteiger partial charge in [-0.25, -0.2) is 18.4 Å². The van der Waals surface area contributed by atoms with Crippen LogP contribution in [0.1, 0.15) is 23.6 Å². The summed E-state index contributed by atoms with van der Waals surface area (Å²) in [6.45, 7) is 0.875. The molecule has 3 aromatic rings. The summed E-state index contributed by atoms with van der Waals surface area (Å²) < 4.78 is 108. The summed E-state index contributed by atoms with van der Waals surface area (Å²) in [7, 11) is 0. The van der Waals surface area contributed by atoms with E-state index in [-0.39, 0.29) is 30.8 Å². The number of halogens is 7. The maximum Gasteiger partial charge on any atom is 0.416 e. The minimum atomic E-state index is -4.51. The van der Waals surface area contributed by atoms with Gasteiger partial charge in [0.05, 0.1) is 30.6 Å². The standard InChI is InChI=1S/C30H30F7N3O4S/c1-20(28(41,16-40-19-38-18-39-40)22-8-10-23(11-9-22)30(35,36)37)45-25-14-42-26(43-15-25)5-3-2-4-21-6-12-24(13-7-21)44-17-29(33,34)27(31)32/h2-13,18-20,25-27,41H,14-17H2,1H3/b4-2+,5-3+. The molecule has 0 amide bonds. The SMILES string of the molecule is CC(SC1COC(/C=C/C=C/c2ccc(OCC(F)(F)C(F)F)cc2)OC1)C(O)(Cn1cncn1)c1ccc(C(F)(F)F)cc1. The smallest absolute Gasteiger partial charge is 0.416 e. The van der Waals surface area contributed by atoms with Gasteiger partial charge in [0.25, 0.3) is 0 Å². The lowest BCUT2D eigenvalue weighted by molar-refractivity contribution is -0.148. The lowest BCUT2D eigenvalue weighted by Crippen LogP contribution is -2.43. The van der Waals surface area contributed by atoms with E-state index in [1.54, 1.807) is 43.4 Å². The van der Waals surface area contributed by atoms with Crippen LogP contribution in [0.25, 0.3) is 6.08 Å². The molecule has 1 fully saturated rings. The lowest BCUT2D eigenvalue weighted by atomic mass is 9.90. The number of nitrogens with zero attached hydrogens (tertiary/aromatic N) is 3. The molecule has 45 heavy (non-hydrogen) atoms. The molecule has 0 bridgehead atoms. The molecule has 4 rings (SSSR count). The van der Waals surface area contributed by atoms with Gasteiger partial charge >= 0.3 is 18.5 Å². The molecule has 0 aliphatic carbocycles. The fraction of sp³-hybridized carbons (Fsp3) is 0.400. The number of benzene rings is 2. The first-order valence-electron chi connectivity index (χ1n) is 13.6. The minimum Gasteiger partial charge on any atom is -0.487 e. The maximum absolute atomic E-state index is 13.1. The van der Waals surface area contributed by atoms with Crippen LogP contribution in [0, 0.1) is 0 Å². The summed E-state index contributed by atoms with van der Waals surface area (Å²) in [5, 5.41) is 15.1. The molecule has 0 spiro atoms. The summed E-state index contributed by atoms with van der Waals surface area (Å²) >= 11 is 1.38. The Hall–Kier alpha value is -3.40. The van der Waals surface area contributed by atoms with E-state index in [1.165, 1.54) is 53.4 Å². The van der Waals surface area contributed by atoms with Crippen LogP contribution >= 0.6 is 11.8 Å². The number of rotatable bonds is 13. The normalized spacial score (nSPS) is 20.1. The van der Waals surface area contributed by atoms with Gasteiger partial charge in [-0.3, -0.25) is 0 Å². The Balaban J connectivity index is 1.29. The summed E-state index contributed by atoms with van der Waals surface area (Å²) in [5.41, 5.74) is -1.41. The highest BCUT2D eigenvalue weighted by atomic mass is 32.2. The zero-order valence-electron chi connectivity index (χ0n) is 23.8. The van der Waals surface area contributed by atoms with Gasteiger partial charge in [-0.05, 0) is 41.5 Å². The molecule has 0 saturated carbocycles. The molecular formula is C30H30F7N3O4S. The molecule has 2 heterocycles. The lowest BCUT2D eigenvalue weighted by Gasteiger charge is -2.37. The van der Waals surface area contributed by atoms with Crippen molar-refractivity contribution in [3.05, 3.63) is 96.1 Å². The van der Waals surface area contributed by atoms with Gasteiger partial charge in [-0.2, -0.15) is 27.1 Å². The molecule has 1 aliphatic heterocycles. The number of hydrogen-bond acceptors (Lipinski definition) is 7. The van der Waals surface area contributed by atoms with Gasteiger partial charge < -0.3 is 19.3 Å². The third-order valence-corrected chi connectivity index (χ3v) is 8.30. The Kier molecular flexibility index (Phi) is 11.3. The molecule has 244 valence electrons. The summed E-state index contributed by atoms with van der Waals surface area (Å²) in [5.74, 6) is -4.20. The van der Waals surface area contributed by atoms with E-state index in [1.807, 2.05) is 0 Å². The van der Waals surface area contributed by atoms with Gasteiger partial charge in [0.1, 0.15) is 24.0 Å². The molecule has 1 saturated heterocycles. The Morgan fingerprint density at radius 1 is 1.00 bits per heavy atom. The molecule has 7 nitrogen and oxygen atoms in total. The number of aliphatic hydroxyl groups is 1. The Morgan fingerprint density at radius 2 is 1.64 bits per heavy atom. The molecule has 2 unspecified atom stereocenters. The molecular weight excluding hydrogens is 631 g/mol. The van der Waals surface area contributed by atoms with Gasteiger partial charge in [0, 0.05) is 5.25 Å². The number of hydrogen-bond donors (Lipinski definition) is 1. The zero-order valence-corrected chi connectivity index (χ0v) is 24.6. The van der Waals surface area contributed by atoms with Gasteiger partial charge in [-0.1, -0.05) is 49.4 Å². The predicted molar refractivity (Wildman–Crippen MR) is 153 cm³/mol. The van der Waals surface area contributed by atoms with Gasteiger partial charge in [0.2, 0.25) is 0 Å². The summed E-state index contributed by atoms with van der Waals surface area (Å²) in [4.78, 5) is 3.89. The highest BCUT2D eigenvalue weighted by Crippen LogP contribution is 2.39. The van der Waals surface area contributed by atoms with Gasteiger partial charge in [-0.15, -0.1) is 11.8 Å². The molecule has 1 aliphatic rings. The van der Waals surface area contributed by atoms with Crippen molar-refractivity contribution in [3.8, 4) is 5.75 Å². The van der Waals surface area contributed by atoms with Crippen LogP contribution in [-0.4, -0.2) is 68.8 Å². The van der Waals surface area contributed by atoms with Crippen molar-refractivity contribution in [2.24, 2.45) is 0 Å². The molecule has 1 N–H and O–H groups in total. The van der Waals surface area contributed by atoms with Crippen LogP contribution in [0.2, 0.25) is 0 Å². The van der Waals surface area contributed by atoms with E-state index in [9.17, 15) is 35.8 Å². The van der Waals surface area contributed by atoms with Crippen LogP contribution in [0.15, 0.2) is 79.4 Å². The van der Waals surface area contributed by atoms with E-state index in [0.717, 1.165) is 12.1 Å². The third-order valence-electron chi connectivity index (χ3n) is 6.84. The number of ether oxygens (including phenoxy) is 3. The van der Waals surface area contributed by atoms with Crippen molar-refractivity contribution >= 4 is 17.8 Å². The number of thioether (sulfide) groups is 1. The average molecular weight is 662 g/mol. The van der Waals surface area contributed by atoms with Crippen LogP contribution < -0.4 is 4.74 Å². The monoisotopic (exact) mass is 661 g/mol. The fourth-order valence-corrected chi connectivity index (χ4v) is 5.62. The molecule has 1 aromatic heterocycles. The van der Waals surface area contributed by atoms with E-state index in [0.29, 0.717) is 11.1 Å². The Labute approximate surface area is 258 Å². The molecule has 2 aromatic carbocycles. The third kappa shape index (κ3) is 9.55. The Morgan fingerprint density at radius 3 is 2.22 bits per heavy atom. The van der Waals surface area contributed by atoms with Crippen molar-refractivity contribution in [1.82, 2.24) is 14.8 Å². The highest BCUT2D eigenvalue weighted by molar-refractivity contribution is 8.00. The van der Waals surface area contributed by atoms with E-state index in [4.69, 9.17) is 14.2 Å². The van der Waals surface area contributed by atoms with Crippen LogP contribution in [0.4, 0.5) is 30.7 Å². The first-order chi connectivity index (χ1) is 21.3. The summed E-state index contributed by atoms with van der Waals surface area (Å²) in [6.07, 6.45) is 0.538. The van der Waals surface area contributed by atoms with Crippen LogP contribution in [-0.2, 0) is 27.8 Å². The highest BCUT2D eigenvalue weighted by Gasteiger charge is 2.42. The molecule has 15 heteroatoms. The van der Waals surface area contributed by atoms with Crippen LogP contribution in [0.5, 0.6) is 5.75 Å². The van der Waals surface area contributed by atoms with Crippen molar-refractivity contribution in [2.75, 3.05) is 19.8 Å². The van der Waals surface area contributed by atoms with E-state index >= 15 is 0 Å². The average Bonchev–Trinajstić information content (AvgIpc) is 3.52. The van der Waals surface area contributed by atoms with Crippen molar-refractivity contribution in [2.45, 2.75) is 54.4 Å². The first-order valence-corrected chi connectivity index (χ1v) is 14.6. The van der Waals surface area contributed by atoms with Crippen molar-refractivity contribution < 1.29 is 50.1 Å². The van der Waals surface area contributed by atoms with Crippen molar-refractivity contribution in [3.63, 3.8) is 0 Å². The largest absolute Gasteiger partial charge is 0.487 e. The Bertz CT molecular complexity index is 1400. The molecule has 0 radical (unpaired) electrons. The zero-order chi connectivity index (χ0) is 32.7. The first kappa shape index (κ1) is 34.5.